The maximum absolute atomic E-state index is 13.8. The first-order valence-corrected chi connectivity index (χ1v) is 7.97. The second-order valence-electron chi connectivity index (χ2n) is 5.80. The van der Waals surface area contributed by atoms with E-state index in [-0.39, 0.29) is 5.82 Å². The van der Waals surface area contributed by atoms with E-state index in [9.17, 15) is 4.39 Å². The van der Waals surface area contributed by atoms with E-state index < -0.39 is 0 Å². The van der Waals surface area contributed by atoms with Crippen LogP contribution in [0.15, 0.2) is 16.6 Å². The van der Waals surface area contributed by atoms with Crippen LogP contribution in [0.25, 0.3) is 11.0 Å². The van der Waals surface area contributed by atoms with Gasteiger partial charge < -0.3 is 10.3 Å². The van der Waals surface area contributed by atoms with Gasteiger partial charge >= 0.3 is 0 Å². The van der Waals surface area contributed by atoms with E-state index in [4.69, 9.17) is 5.73 Å². The summed E-state index contributed by atoms with van der Waals surface area (Å²) in [6.07, 6.45) is 0. The number of hydrogen-bond acceptors (Lipinski definition) is 3. The van der Waals surface area contributed by atoms with Gasteiger partial charge in [0.25, 0.3) is 0 Å². The Bertz CT molecular complexity index is 628. The number of anilines is 1. The number of halogens is 2. The lowest BCUT2D eigenvalue weighted by Gasteiger charge is -2.30. The second-order valence-corrected chi connectivity index (χ2v) is 6.66. The summed E-state index contributed by atoms with van der Waals surface area (Å²) in [4.78, 5) is 6.68. The topological polar surface area (TPSA) is 47.1 Å². The second kappa shape index (κ2) is 6.32. The Morgan fingerprint density at radius 3 is 2.48 bits per heavy atom. The van der Waals surface area contributed by atoms with Crippen molar-refractivity contribution in [2.75, 3.05) is 12.3 Å². The van der Waals surface area contributed by atoms with Crippen LogP contribution in [-0.2, 0) is 6.54 Å². The van der Waals surface area contributed by atoms with Crippen molar-refractivity contribution in [3.8, 4) is 0 Å². The average molecular weight is 357 g/mol. The number of nitrogen functional groups attached to an aromatic ring is 1. The third-order valence-electron chi connectivity index (χ3n) is 3.73. The quantitative estimate of drug-likeness (QED) is 0.889. The van der Waals surface area contributed by atoms with Gasteiger partial charge in [0.05, 0.1) is 15.5 Å². The van der Waals surface area contributed by atoms with Gasteiger partial charge in [0.1, 0.15) is 5.82 Å². The predicted octanol–water partition coefficient (Wildman–Crippen LogP) is 3.64. The van der Waals surface area contributed by atoms with E-state index >= 15 is 0 Å². The van der Waals surface area contributed by atoms with Gasteiger partial charge in [-0.15, -0.1) is 0 Å². The lowest BCUT2D eigenvalue weighted by Crippen LogP contribution is -2.39. The van der Waals surface area contributed by atoms with Crippen molar-refractivity contribution in [3.63, 3.8) is 0 Å². The van der Waals surface area contributed by atoms with Crippen molar-refractivity contribution in [2.45, 2.75) is 46.3 Å². The van der Waals surface area contributed by atoms with E-state index in [1.54, 1.807) is 6.07 Å². The van der Waals surface area contributed by atoms with Crippen molar-refractivity contribution >= 4 is 32.9 Å². The van der Waals surface area contributed by atoms with Gasteiger partial charge in [0.2, 0.25) is 5.95 Å². The number of rotatable bonds is 5. The smallest absolute Gasteiger partial charge is 0.201 e. The summed E-state index contributed by atoms with van der Waals surface area (Å²) < 4.78 is 16.0. The molecule has 0 aliphatic carbocycles. The number of nitrogens with zero attached hydrogens (tertiary/aromatic N) is 3. The third-order valence-corrected chi connectivity index (χ3v) is 4.34. The van der Waals surface area contributed by atoms with Crippen LogP contribution in [0.4, 0.5) is 10.3 Å². The molecule has 0 spiro atoms. The number of fused-ring (bicyclic) bond motifs is 1. The Morgan fingerprint density at radius 2 is 1.90 bits per heavy atom. The van der Waals surface area contributed by atoms with Crippen molar-refractivity contribution < 1.29 is 4.39 Å². The van der Waals surface area contributed by atoms with Crippen LogP contribution in [-0.4, -0.2) is 33.1 Å². The van der Waals surface area contributed by atoms with E-state index in [1.165, 1.54) is 6.07 Å². The van der Waals surface area contributed by atoms with Gasteiger partial charge in [-0.25, -0.2) is 9.37 Å². The molecule has 2 aromatic rings. The molecular formula is C15H22BrFN4. The largest absolute Gasteiger partial charge is 0.369 e. The Hall–Kier alpha value is -1.14. The molecule has 1 aromatic heterocycles. The van der Waals surface area contributed by atoms with Crippen LogP contribution >= 0.6 is 15.9 Å². The highest BCUT2D eigenvalue weighted by Gasteiger charge is 2.16. The fraction of sp³-hybridized carbons (Fsp3) is 0.533. The maximum Gasteiger partial charge on any atom is 0.201 e. The molecule has 4 nitrogen and oxygen atoms in total. The summed E-state index contributed by atoms with van der Waals surface area (Å²) in [5.41, 5.74) is 7.43. The van der Waals surface area contributed by atoms with Crippen LogP contribution in [0.5, 0.6) is 0 Å². The Morgan fingerprint density at radius 1 is 1.29 bits per heavy atom. The van der Waals surface area contributed by atoms with E-state index in [1.807, 2.05) is 4.57 Å². The van der Waals surface area contributed by atoms with E-state index in [2.05, 4.69) is 53.5 Å². The number of hydrogen-bond donors (Lipinski definition) is 1. The Balaban J connectivity index is 2.30. The molecule has 0 saturated carbocycles. The minimum atomic E-state index is -0.298. The molecular weight excluding hydrogens is 335 g/mol. The average Bonchev–Trinajstić information content (AvgIpc) is 2.65. The summed E-state index contributed by atoms with van der Waals surface area (Å²) in [6.45, 7) is 10.2. The summed E-state index contributed by atoms with van der Waals surface area (Å²) in [6, 6.07) is 4.05. The Kier molecular flexibility index (Phi) is 4.88. The molecule has 0 aliphatic heterocycles. The molecule has 0 aliphatic rings. The van der Waals surface area contributed by atoms with Crippen LogP contribution in [0, 0.1) is 5.82 Å². The van der Waals surface area contributed by atoms with Crippen molar-refractivity contribution in [2.24, 2.45) is 0 Å². The fourth-order valence-electron chi connectivity index (χ4n) is 2.70. The zero-order valence-corrected chi connectivity index (χ0v) is 14.5. The van der Waals surface area contributed by atoms with Crippen LogP contribution in [0.3, 0.4) is 0 Å². The molecule has 0 bridgehead atoms. The first-order chi connectivity index (χ1) is 9.81. The first-order valence-electron chi connectivity index (χ1n) is 7.17. The first kappa shape index (κ1) is 16.2. The molecule has 0 fully saturated rings. The van der Waals surface area contributed by atoms with Crippen LogP contribution < -0.4 is 5.73 Å². The number of benzene rings is 1. The van der Waals surface area contributed by atoms with Gasteiger partial charge in [0.15, 0.2) is 0 Å². The third kappa shape index (κ3) is 3.37. The highest BCUT2D eigenvalue weighted by Crippen LogP contribution is 2.25. The molecule has 1 aromatic carbocycles. The molecule has 0 atom stereocenters. The molecule has 2 rings (SSSR count). The van der Waals surface area contributed by atoms with E-state index in [0.717, 1.165) is 12.1 Å². The minimum Gasteiger partial charge on any atom is -0.369 e. The SMILES string of the molecule is CC(C)N(CCn1c(N)nc2cc(Br)c(F)cc21)C(C)C. The molecule has 21 heavy (non-hydrogen) atoms. The van der Waals surface area contributed by atoms with Crippen LogP contribution in [0.2, 0.25) is 0 Å². The van der Waals surface area contributed by atoms with Crippen molar-refractivity contribution in [1.29, 1.82) is 0 Å². The molecule has 116 valence electrons. The molecule has 0 saturated heterocycles. The Labute approximate surface area is 133 Å². The molecule has 0 amide bonds. The van der Waals surface area contributed by atoms with Crippen LogP contribution in [0.1, 0.15) is 27.7 Å². The standard InChI is InChI=1S/C15H22BrFN4/c1-9(2)20(10(3)4)5-6-21-14-8-12(17)11(16)7-13(14)19-15(21)18/h7-10H,5-6H2,1-4H3,(H2,18,19). The number of imidazole rings is 1. The zero-order chi connectivity index (χ0) is 15.7. The van der Waals surface area contributed by atoms with Gasteiger partial charge in [-0.2, -0.15) is 0 Å². The highest BCUT2D eigenvalue weighted by molar-refractivity contribution is 9.10. The number of aromatic nitrogens is 2. The maximum atomic E-state index is 13.8. The monoisotopic (exact) mass is 356 g/mol. The molecule has 0 radical (unpaired) electrons. The zero-order valence-electron chi connectivity index (χ0n) is 12.9. The van der Waals surface area contributed by atoms with Crippen molar-refractivity contribution in [3.05, 3.63) is 22.4 Å². The number of nitrogens with two attached hydrogens (primary N) is 1. The van der Waals surface area contributed by atoms with Gasteiger partial charge in [-0.3, -0.25) is 4.90 Å². The normalized spacial score (nSPS) is 12.2. The molecule has 6 heteroatoms. The predicted molar refractivity (Wildman–Crippen MR) is 88.8 cm³/mol. The van der Waals surface area contributed by atoms with Crippen molar-refractivity contribution in [1.82, 2.24) is 14.5 Å². The summed E-state index contributed by atoms with van der Waals surface area (Å²) in [5.74, 6) is 0.128. The summed E-state index contributed by atoms with van der Waals surface area (Å²) >= 11 is 3.18. The molecule has 0 unspecified atom stereocenters. The van der Waals surface area contributed by atoms with E-state index in [0.29, 0.717) is 34.6 Å². The minimum absolute atomic E-state index is 0.298. The highest BCUT2D eigenvalue weighted by atomic mass is 79.9. The fourth-order valence-corrected chi connectivity index (χ4v) is 3.03. The lowest BCUT2D eigenvalue weighted by molar-refractivity contribution is 0.169. The summed E-state index contributed by atoms with van der Waals surface area (Å²) in [5, 5.41) is 0. The molecule has 2 N–H and O–H groups in total. The van der Waals surface area contributed by atoms with Gasteiger partial charge in [-0.05, 0) is 49.7 Å². The van der Waals surface area contributed by atoms with Gasteiger partial charge in [-0.1, -0.05) is 0 Å². The van der Waals surface area contributed by atoms with Gasteiger partial charge in [0, 0.05) is 31.2 Å². The molecule has 1 heterocycles. The lowest BCUT2D eigenvalue weighted by atomic mass is 10.2. The summed E-state index contributed by atoms with van der Waals surface area (Å²) in [7, 11) is 0.